The number of nitrogens with one attached hydrogen (secondary N) is 1. The summed E-state index contributed by atoms with van der Waals surface area (Å²) in [5, 5.41) is 0.757. The molecule has 0 aliphatic carbocycles. The Balaban J connectivity index is 2.19. The molecule has 2 rings (SSSR count). The molecule has 96 valence electrons. The average molecular weight is 286 g/mol. The van der Waals surface area contributed by atoms with E-state index in [0.29, 0.717) is 0 Å². The number of β-lactam (4-membered cyclic amide) rings is 1. The van der Waals surface area contributed by atoms with Crippen LogP contribution in [0.4, 0.5) is 0 Å². The van der Waals surface area contributed by atoms with Crippen LogP contribution in [0.3, 0.4) is 0 Å². The number of nitrogens with zero attached hydrogens (tertiary/aromatic N) is 1. The van der Waals surface area contributed by atoms with E-state index in [0.717, 1.165) is 11.3 Å². The first-order valence-electron chi connectivity index (χ1n) is 5.21. The summed E-state index contributed by atoms with van der Waals surface area (Å²) in [6.07, 6.45) is 0. The van der Waals surface area contributed by atoms with Crippen LogP contribution in [0.5, 0.6) is 5.75 Å². The molecule has 18 heavy (non-hydrogen) atoms. The zero-order valence-corrected chi connectivity index (χ0v) is 11.2. The Bertz CT molecular complexity index is 480. The van der Waals surface area contributed by atoms with Gasteiger partial charge in [0, 0.05) is 0 Å². The number of hydrazine groups is 1. The van der Waals surface area contributed by atoms with Gasteiger partial charge in [0.25, 0.3) is 5.91 Å². The van der Waals surface area contributed by atoms with Crippen molar-refractivity contribution in [3.63, 3.8) is 0 Å². The van der Waals surface area contributed by atoms with Crippen molar-refractivity contribution in [2.24, 2.45) is 5.73 Å². The summed E-state index contributed by atoms with van der Waals surface area (Å²) in [5.41, 5.74) is 8.86. The van der Waals surface area contributed by atoms with E-state index >= 15 is 0 Å². The van der Waals surface area contributed by atoms with Crippen LogP contribution in [0, 0.1) is 0 Å². The van der Waals surface area contributed by atoms with Crippen molar-refractivity contribution in [3.8, 4) is 5.75 Å². The molecule has 1 aliphatic rings. The van der Waals surface area contributed by atoms with Crippen molar-refractivity contribution in [2.45, 2.75) is 11.4 Å². The van der Waals surface area contributed by atoms with Crippen molar-refractivity contribution in [2.75, 3.05) is 7.11 Å². The number of carbonyl (C=O) groups is 1. The smallest absolute Gasteiger partial charge is 0.262 e. The minimum atomic E-state index is -0.611. The lowest BCUT2D eigenvalue weighted by Crippen LogP contribution is -2.64. The van der Waals surface area contributed by atoms with Crippen molar-refractivity contribution < 1.29 is 9.53 Å². The highest BCUT2D eigenvalue weighted by Gasteiger charge is 2.47. The Morgan fingerprint density at radius 3 is 2.61 bits per heavy atom. The number of ether oxygens (including phenoxy) is 1. The first kappa shape index (κ1) is 12.9. The van der Waals surface area contributed by atoms with Gasteiger partial charge in [-0.05, 0) is 29.9 Å². The average Bonchev–Trinajstić information content (AvgIpc) is 2.38. The lowest BCUT2D eigenvalue weighted by atomic mass is 9.95. The number of hydrogen-bond donors (Lipinski definition) is 2. The molecule has 0 saturated carbocycles. The van der Waals surface area contributed by atoms with Gasteiger partial charge in [0.2, 0.25) is 0 Å². The fraction of sp³-hybridized carbons (Fsp3) is 0.273. The maximum Gasteiger partial charge on any atom is 0.262 e. The number of thiocarbonyl (C=S) groups is 1. The van der Waals surface area contributed by atoms with Gasteiger partial charge in [-0.2, -0.15) is 0 Å². The van der Waals surface area contributed by atoms with Crippen molar-refractivity contribution in [3.05, 3.63) is 29.8 Å². The quantitative estimate of drug-likeness (QED) is 0.491. The Hall–Kier alpha value is -1.53. The maximum absolute atomic E-state index is 11.6. The van der Waals surface area contributed by atoms with E-state index in [9.17, 15) is 4.79 Å². The highest BCUT2D eigenvalue weighted by molar-refractivity contribution is 7.80. The summed E-state index contributed by atoms with van der Waals surface area (Å²) in [6, 6.07) is 7.02. The molecule has 2 atom stereocenters. The van der Waals surface area contributed by atoms with Gasteiger partial charge in [-0.1, -0.05) is 12.1 Å². The number of rotatable bonds is 3. The van der Waals surface area contributed by atoms with Crippen LogP contribution >= 0.6 is 23.8 Å². The van der Waals surface area contributed by atoms with Gasteiger partial charge in [-0.15, -0.1) is 11.6 Å². The van der Waals surface area contributed by atoms with Gasteiger partial charge in [0.05, 0.1) is 7.11 Å². The molecule has 1 aromatic carbocycles. The molecular weight excluding hydrogens is 274 g/mol. The third-order valence-electron chi connectivity index (χ3n) is 2.72. The van der Waals surface area contributed by atoms with E-state index in [1.54, 1.807) is 19.2 Å². The molecule has 1 aliphatic heterocycles. The van der Waals surface area contributed by atoms with Crippen molar-refractivity contribution in [1.29, 1.82) is 0 Å². The third kappa shape index (κ3) is 2.21. The second-order valence-electron chi connectivity index (χ2n) is 3.80. The number of hydrogen-bond acceptors (Lipinski definition) is 3. The standard InChI is InChI=1S/C11H12ClN3O2S/c1-17-7-4-2-6(3-5-7)9-8(12)10(16)15(9)14-11(13)18/h2-5,8-9H,1H3,(H3,13,14,18). The highest BCUT2D eigenvalue weighted by Crippen LogP contribution is 2.37. The van der Waals surface area contributed by atoms with E-state index in [1.807, 2.05) is 12.1 Å². The number of halogens is 1. The molecule has 7 heteroatoms. The molecule has 2 unspecified atom stereocenters. The number of benzene rings is 1. The number of alkyl halides is 1. The molecule has 1 fully saturated rings. The molecule has 3 N–H and O–H groups in total. The monoisotopic (exact) mass is 285 g/mol. The third-order valence-corrected chi connectivity index (χ3v) is 3.23. The van der Waals surface area contributed by atoms with Crippen molar-refractivity contribution in [1.82, 2.24) is 10.4 Å². The maximum atomic E-state index is 11.6. The lowest BCUT2D eigenvalue weighted by Gasteiger charge is -2.44. The van der Waals surface area contributed by atoms with Gasteiger partial charge in [0.1, 0.15) is 17.2 Å². The van der Waals surface area contributed by atoms with Crippen LogP contribution in [-0.4, -0.2) is 28.5 Å². The molecule has 1 amide bonds. The topological polar surface area (TPSA) is 67.6 Å². The minimum absolute atomic E-state index is 0.0328. The second kappa shape index (κ2) is 4.99. The van der Waals surface area contributed by atoms with Gasteiger partial charge in [-0.3, -0.25) is 10.2 Å². The van der Waals surface area contributed by atoms with E-state index in [4.69, 9.17) is 34.3 Å². The van der Waals surface area contributed by atoms with Crippen LogP contribution in [0.15, 0.2) is 24.3 Å². The molecule has 1 aromatic rings. The van der Waals surface area contributed by atoms with E-state index in [2.05, 4.69) is 5.43 Å². The summed E-state index contributed by atoms with van der Waals surface area (Å²) in [6.45, 7) is 0. The first-order chi connectivity index (χ1) is 8.54. The fourth-order valence-corrected chi connectivity index (χ4v) is 2.28. The predicted molar refractivity (Wildman–Crippen MR) is 72.1 cm³/mol. The summed E-state index contributed by atoms with van der Waals surface area (Å²) in [5.74, 6) is 0.495. The summed E-state index contributed by atoms with van der Waals surface area (Å²) >= 11 is 10.7. The van der Waals surface area contributed by atoms with Crippen LogP contribution < -0.4 is 15.9 Å². The molecule has 0 aromatic heterocycles. The normalized spacial score (nSPS) is 22.3. The van der Waals surface area contributed by atoms with E-state index in [1.165, 1.54) is 5.01 Å². The number of amides is 1. The molecule has 1 saturated heterocycles. The number of methoxy groups -OCH3 is 1. The zero-order valence-electron chi connectivity index (χ0n) is 9.59. The Kier molecular flexibility index (Phi) is 3.58. The fourth-order valence-electron chi connectivity index (χ4n) is 1.82. The SMILES string of the molecule is COc1ccc(C2C(Cl)C(=O)N2NC(N)=S)cc1. The molecule has 0 bridgehead atoms. The van der Waals surface area contributed by atoms with Crippen molar-refractivity contribution >= 4 is 34.8 Å². The van der Waals surface area contributed by atoms with Crippen LogP contribution in [0.2, 0.25) is 0 Å². The van der Waals surface area contributed by atoms with Crippen LogP contribution in [-0.2, 0) is 4.79 Å². The molecule has 5 nitrogen and oxygen atoms in total. The van der Waals surface area contributed by atoms with Gasteiger partial charge < -0.3 is 10.5 Å². The lowest BCUT2D eigenvalue weighted by molar-refractivity contribution is -0.148. The Morgan fingerprint density at radius 2 is 2.11 bits per heavy atom. The number of carbonyl (C=O) groups excluding carboxylic acids is 1. The van der Waals surface area contributed by atoms with Gasteiger partial charge >= 0.3 is 0 Å². The summed E-state index contributed by atoms with van der Waals surface area (Å²) < 4.78 is 5.07. The molecular formula is C11H12ClN3O2S. The Morgan fingerprint density at radius 1 is 1.50 bits per heavy atom. The van der Waals surface area contributed by atoms with Gasteiger partial charge in [0.15, 0.2) is 5.11 Å². The molecule has 0 spiro atoms. The van der Waals surface area contributed by atoms with Crippen LogP contribution in [0.25, 0.3) is 0 Å². The Labute approximate surface area is 115 Å². The predicted octanol–water partition coefficient (Wildman–Crippen LogP) is 0.934. The molecule has 0 radical (unpaired) electrons. The summed E-state index contributed by atoms with van der Waals surface area (Å²) in [7, 11) is 1.59. The van der Waals surface area contributed by atoms with Crippen LogP contribution in [0.1, 0.15) is 11.6 Å². The largest absolute Gasteiger partial charge is 0.497 e. The molecule has 1 heterocycles. The highest BCUT2D eigenvalue weighted by atomic mass is 35.5. The second-order valence-corrected chi connectivity index (χ2v) is 4.71. The van der Waals surface area contributed by atoms with E-state index in [-0.39, 0.29) is 17.1 Å². The first-order valence-corrected chi connectivity index (χ1v) is 6.06. The van der Waals surface area contributed by atoms with E-state index < -0.39 is 5.38 Å². The minimum Gasteiger partial charge on any atom is -0.497 e. The van der Waals surface area contributed by atoms with Gasteiger partial charge in [-0.25, -0.2) is 5.01 Å². The summed E-state index contributed by atoms with van der Waals surface area (Å²) in [4.78, 5) is 11.6. The zero-order chi connectivity index (χ0) is 13.3. The number of nitrogens with two attached hydrogens (primary N) is 1.